The minimum atomic E-state index is -0.863. The van der Waals surface area contributed by atoms with E-state index in [0.29, 0.717) is 6.61 Å². The zero-order chi connectivity index (χ0) is 9.36. The van der Waals surface area contributed by atoms with E-state index in [4.69, 9.17) is 10.00 Å². The first-order valence-electron chi connectivity index (χ1n) is 4.94. The van der Waals surface area contributed by atoms with E-state index >= 15 is 0 Å². The Morgan fingerprint density at radius 1 is 1.23 bits per heavy atom. The summed E-state index contributed by atoms with van der Waals surface area (Å²) >= 11 is 0. The van der Waals surface area contributed by atoms with Gasteiger partial charge in [0.2, 0.25) is 0 Å². The number of rotatable bonds is 1. The zero-order valence-corrected chi connectivity index (χ0v) is 7.75. The lowest BCUT2D eigenvalue weighted by atomic mass is 9.58. The Morgan fingerprint density at radius 2 is 2.00 bits per heavy atom. The van der Waals surface area contributed by atoms with Crippen molar-refractivity contribution < 1.29 is 9.84 Å². The van der Waals surface area contributed by atoms with Crippen LogP contribution in [0.15, 0.2) is 0 Å². The number of nitrogens with zero attached hydrogens (tertiary/aromatic N) is 1. The summed E-state index contributed by atoms with van der Waals surface area (Å²) in [5, 5.41) is 19.4. The molecule has 0 amide bonds. The van der Waals surface area contributed by atoms with Crippen LogP contribution in [0.25, 0.3) is 0 Å². The Balaban J connectivity index is 2.16. The maximum atomic E-state index is 10.3. The van der Waals surface area contributed by atoms with Gasteiger partial charge in [0.25, 0.3) is 0 Å². The van der Waals surface area contributed by atoms with Gasteiger partial charge < -0.3 is 9.84 Å². The third-order valence-corrected chi connectivity index (χ3v) is 3.53. The van der Waals surface area contributed by atoms with Crippen molar-refractivity contribution in [2.24, 2.45) is 5.41 Å². The SMILES string of the molecule is N#CC1([C@]2(O)CCCOC2)CCC1. The molecule has 1 aliphatic carbocycles. The Labute approximate surface area is 78.3 Å². The Kier molecular flexibility index (Phi) is 2.05. The van der Waals surface area contributed by atoms with Gasteiger partial charge in [0.15, 0.2) is 0 Å². The molecule has 2 aliphatic rings. The Hall–Kier alpha value is -0.590. The normalized spacial score (nSPS) is 37.5. The van der Waals surface area contributed by atoms with Gasteiger partial charge in [-0.15, -0.1) is 0 Å². The molecular weight excluding hydrogens is 166 g/mol. The predicted molar refractivity (Wildman–Crippen MR) is 46.9 cm³/mol. The number of hydrogen-bond donors (Lipinski definition) is 1. The molecule has 2 rings (SSSR count). The van der Waals surface area contributed by atoms with Crippen LogP contribution in [0.3, 0.4) is 0 Å². The maximum Gasteiger partial charge on any atom is 0.107 e. The van der Waals surface area contributed by atoms with Crippen LogP contribution in [0.1, 0.15) is 32.1 Å². The van der Waals surface area contributed by atoms with Crippen molar-refractivity contribution >= 4 is 0 Å². The van der Waals surface area contributed by atoms with Crippen molar-refractivity contribution in [3.63, 3.8) is 0 Å². The van der Waals surface area contributed by atoms with E-state index in [-0.39, 0.29) is 0 Å². The Bertz CT molecular complexity index is 234. The van der Waals surface area contributed by atoms with Crippen molar-refractivity contribution in [3.8, 4) is 6.07 Å². The van der Waals surface area contributed by atoms with Gasteiger partial charge in [-0.05, 0) is 25.7 Å². The number of hydrogen-bond acceptors (Lipinski definition) is 3. The van der Waals surface area contributed by atoms with Crippen LogP contribution < -0.4 is 0 Å². The molecule has 72 valence electrons. The van der Waals surface area contributed by atoms with Crippen molar-refractivity contribution in [3.05, 3.63) is 0 Å². The van der Waals surface area contributed by atoms with Crippen molar-refractivity contribution in [2.45, 2.75) is 37.7 Å². The summed E-state index contributed by atoms with van der Waals surface area (Å²) in [5.41, 5.74) is -1.36. The second-order valence-electron chi connectivity index (χ2n) is 4.24. The average Bonchev–Trinajstić information content (AvgIpc) is 2.04. The first kappa shape index (κ1) is 8.98. The molecule has 13 heavy (non-hydrogen) atoms. The first-order chi connectivity index (χ1) is 6.22. The molecule has 0 aromatic heterocycles. The van der Waals surface area contributed by atoms with Gasteiger partial charge in [-0.2, -0.15) is 5.26 Å². The average molecular weight is 181 g/mol. The fraction of sp³-hybridized carbons (Fsp3) is 0.900. The lowest BCUT2D eigenvalue weighted by Crippen LogP contribution is -2.56. The van der Waals surface area contributed by atoms with Gasteiger partial charge in [-0.3, -0.25) is 0 Å². The molecule has 1 aliphatic heterocycles. The Morgan fingerprint density at radius 3 is 2.38 bits per heavy atom. The maximum absolute atomic E-state index is 10.3. The van der Waals surface area contributed by atoms with Crippen LogP contribution in [0.4, 0.5) is 0 Å². The summed E-state index contributed by atoms with van der Waals surface area (Å²) in [6.45, 7) is 1.07. The molecule has 0 aromatic rings. The fourth-order valence-corrected chi connectivity index (χ4v) is 2.37. The van der Waals surface area contributed by atoms with Crippen LogP contribution in [0.5, 0.6) is 0 Å². The highest BCUT2D eigenvalue weighted by Gasteiger charge is 2.55. The molecule has 3 nitrogen and oxygen atoms in total. The number of ether oxygens (including phenoxy) is 1. The van der Waals surface area contributed by atoms with Gasteiger partial charge in [0, 0.05) is 6.61 Å². The summed E-state index contributed by atoms with van der Waals surface area (Å²) in [4.78, 5) is 0. The molecular formula is C10H15NO2. The van der Waals surface area contributed by atoms with E-state index in [1.54, 1.807) is 0 Å². The highest BCUT2D eigenvalue weighted by molar-refractivity contribution is 5.16. The van der Waals surface area contributed by atoms with E-state index in [1.165, 1.54) is 0 Å². The van der Waals surface area contributed by atoms with Gasteiger partial charge in [-0.1, -0.05) is 6.42 Å². The topological polar surface area (TPSA) is 53.2 Å². The van der Waals surface area contributed by atoms with Crippen LogP contribution >= 0.6 is 0 Å². The van der Waals surface area contributed by atoms with Crippen molar-refractivity contribution in [2.75, 3.05) is 13.2 Å². The van der Waals surface area contributed by atoms with Crippen LogP contribution in [-0.4, -0.2) is 23.9 Å². The third-order valence-electron chi connectivity index (χ3n) is 3.53. The standard InChI is InChI=1S/C10H15NO2/c11-7-9(3-1-4-9)10(12)5-2-6-13-8-10/h12H,1-6,8H2/t10-/m0/s1. The van der Waals surface area contributed by atoms with E-state index in [1.807, 2.05) is 0 Å². The molecule has 1 saturated heterocycles. The minimum absolute atomic E-state index is 0.348. The van der Waals surface area contributed by atoms with Gasteiger partial charge in [0.05, 0.1) is 18.1 Å². The van der Waals surface area contributed by atoms with Crippen LogP contribution in [0, 0.1) is 16.7 Å². The van der Waals surface area contributed by atoms with Crippen LogP contribution in [-0.2, 0) is 4.74 Å². The molecule has 3 heteroatoms. The number of nitriles is 1. The first-order valence-corrected chi connectivity index (χ1v) is 4.94. The summed E-state index contributed by atoms with van der Waals surface area (Å²) in [6, 6.07) is 2.30. The van der Waals surface area contributed by atoms with Gasteiger partial charge >= 0.3 is 0 Å². The number of aliphatic hydroxyl groups is 1. The van der Waals surface area contributed by atoms with E-state index in [0.717, 1.165) is 38.7 Å². The quantitative estimate of drug-likeness (QED) is 0.661. The fourth-order valence-electron chi connectivity index (χ4n) is 2.37. The summed E-state index contributed by atoms with van der Waals surface area (Å²) < 4.78 is 5.27. The van der Waals surface area contributed by atoms with E-state index in [9.17, 15) is 5.11 Å². The molecule has 0 spiro atoms. The molecule has 0 bridgehead atoms. The predicted octanol–water partition coefficient (Wildman–Crippen LogP) is 1.22. The molecule has 0 unspecified atom stereocenters. The second-order valence-corrected chi connectivity index (χ2v) is 4.24. The van der Waals surface area contributed by atoms with Crippen LogP contribution in [0.2, 0.25) is 0 Å². The lowest BCUT2D eigenvalue weighted by molar-refractivity contribution is -0.165. The van der Waals surface area contributed by atoms with E-state index < -0.39 is 11.0 Å². The summed E-state index contributed by atoms with van der Waals surface area (Å²) in [6.07, 6.45) is 4.34. The highest BCUT2D eigenvalue weighted by Crippen LogP contribution is 2.51. The molecule has 1 atom stereocenters. The largest absolute Gasteiger partial charge is 0.386 e. The second kappa shape index (κ2) is 2.97. The third kappa shape index (κ3) is 1.17. The molecule has 1 N–H and O–H groups in total. The van der Waals surface area contributed by atoms with Crippen molar-refractivity contribution in [1.29, 1.82) is 5.26 Å². The monoisotopic (exact) mass is 181 g/mol. The lowest BCUT2D eigenvalue weighted by Gasteiger charge is -2.49. The zero-order valence-electron chi connectivity index (χ0n) is 7.75. The highest BCUT2D eigenvalue weighted by atomic mass is 16.5. The summed E-state index contributed by atoms with van der Waals surface area (Å²) in [5.74, 6) is 0. The molecule has 0 radical (unpaired) electrons. The summed E-state index contributed by atoms with van der Waals surface area (Å²) in [7, 11) is 0. The van der Waals surface area contributed by atoms with Crippen molar-refractivity contribution in [1.82, 2.24) is 0 Å². The smallest absolute Gasteiger partial charge is 0.107 e. The molecule has 2 fully saturated rings. The van der Waals surface area contributed by atoms with Gasteiger partial charge in [-0.25, -0.2) is 0 Å². The molecule has 0 aromatic carbocycles. The molecule has 1 heterocycles. The van der Waals surface area contributed by atoms with E-state index in [2.05, 4.69) is 6.07 Å². The molecule has 1 saturated carbocycles. The minimum Gasteiger partial charge on any atom is -0.386 e. The van der Waals surface area contributed by atoms with Gasteiger partial charge in [0.1, 0.15) is 5.60 Å².